The van der Waals surface area contributed by atoms with Crippen LogP contribution in [0.25, 0.3) is 0 Å². The zero-order valence-corrected chi connectivity index (χ0v) is 12.0. The second-order valence-electron chi connectivity index (χ2n) is 5.91. The van der Waals surface area contributed by atoms with Gasteiger partial charge in [0.2, 0.25) is 5.91 Å². The van der Waals surface area contributed by atoms with Crippen molar-refractivity contribution < 1.29 is 9.18 Å². The van der Waals surface area contributed by atoms with Crippen LogP contribution in [-0.2, 0) is 16.6 Å². The Labute approximate surface area is 124 Å². The first-order valence-corrected chi connectivity index (χ1v) is 7.17. The average Bonchev–Trinajstić information content (AvgIpc) is 2.75. The van der Waals surface area contributed by atoms with Gasteiger partial charge in [-0.05, 0) is 29.7 Å². The van der Waals surface area contributed by atoms with Gasteiger partial charge in [-0.3, -0.25) is 4.79 Å². The van der Waals surface area contributed by atoms with E-state index in [1.807, 2.05) is 31.2 Å². The van der Waals surface area contributed by atoms with Crippen molar-refractivity contribution in [3.05, 3.63) is 71.5 Å². The first-order chi connectivity index (χ1) is 10.1. The van der Waals surface area contributed by atoms with E-state index in [0.29, 0.717) is 6.42 Å². The third kappa shape index (κ3) is 2.68. The minimum absolute atomic E-state index is 0.0193. The average molecular weight is 283 g/mol. The summed E-state index contributed by atoms with van der Waals surface area (Å²) >= 11 is 0. The van der Waals surface area contributed by atoms with Gasteiger partial charge in [-0.1, -0.05) is 49.4 Å². The number of carbonyl (C=O) groups is 1. The van der Waals surface area contributed by atoms with Crippen molar-refractivity contribution in [2.24, 2.45) is 0 Å². The Hall–Kier alpha value is -2.16. The summed E-state index contributed by atoms with van der Waals surface area (Å²) in [4.78, 5) is 11.9. The van der Waals surface area contributed by atoms with Gasteiger partial charge in [-0.2, -0.15) is 0 Å². The van der Waals surface area contributed by atoms with Crippen LogP contribution in [0.1, 0.15) is 24.5 Å². The van der Waals surface area contributed by atoms with E-state index in [4.69, 9.17) is 0 Å². The molecule has 1 saturated heterocycles. The standard InChI is InChI=1S/C18H18FNO/c1-18(14-8-5-9-15(19)11-14)12-17(21)20-16(18)10-13-6-3-2-4-7-13/h2-9,11,16H,10,12H2,1H3,(H,20,21). The summed E-state index contributed by atoms with van der Waals surface area (Å²) in [5.41, 5.74) is 1.67. The van der Waals surface area contributed by atoms with Gasteiger partial charge in [0.05, 0.1) is 0 Å². The van der Waals surface area contributed by atoms with Gasteiger partial charge in [0.1, 0.15) is 5.82 Å². The highest BCUT2D eigenvalue weighted by atomic mass is 19.1. The lowest BCUT2D eigenvalue weighted by Crippen LogP contribution is -2.40. The molecule has 2 aromatic carbocycles. The molecule has 2 atom stereocenters. The molecule has 1 aliphatic heterocycles. The molecule has 0 saturated carbocycles. The van der Waals surface area contributed by atoms with Gasteiger partial charge in [0, 0.05) is 17.9 Å². The van der Waals surface area contributed by atoms with E-state index in [0.717, 1.165) is 12.0 Å². The molecule has 0 bridgehead atoms. The summed E-state index contributed by atoms with van der Waals surface area (Å²) in [6.07, 6.45) is 1.15. The Balaban J connectivity index is 1.93. The lowest BCUT2D eigenvalue weighted by atomic mass is 9.74. The van der Waals surface area contributed by atoms with Crippen LogP contribution in [0.2, 0.25) is 0 Å². The molecular formula is C18H18FNO. The van der Waals surface area contributed by atoms with Crippen LogP contribution in [0.5, 0.6) is 0 Å². The maximum atomic E-state index is 13.5. The Bertz CT molecular complexity index is 655. The number of hydrogen-bond acceptors (Lipinski definition) is 1. The van der Waals surface area contributed by atoms with Crippen LogP contribution in [0.15, 0.2) is 54.6 Å². The Morgan fingerprint density at radius 1 is 1.19 bits per heavy atom. The summed E-state index contributed by atoms with van der Waals surface area (Å²) in [5.74, 6) is -0.228. The maximum absolute atomic E-state index is 13.5. The maximum Gasteiger partial charge on any atom is 0.221 e. The number of amides is 1. The third-order valence-electron chi connectivity index (χ3n) is 4.40. The molecule has 3 heteroatoms. The monoisotopic (exact) mass is 283 g/mol. The number of carbonyl (C=O) groups excluding carboxylic acids is 1. The van der Waals surface area contributed by atoms with Gasteiger partial charge >= 0.3 is 0 Å². The largest absolute Gasteiger partial charge is 0.352 e. The number of halogens is 1. The molecule has 1 heterocycles. The molecule has 0 radical (unpaired) electrons. The van der Waals surface area contributed by atoms with Crippen molar-refractivity contribution in [1.82, 2.24) is 5.32 Å². The van der Waals surface area contributed by atoms with Crippen molar-refractivity contribution in [1.29, 1.82) is 0 Å². The Morgan fingerprint density at radius 2 is 1.95 bits per heavy atom. The van der Waals surface area contributed by atoms with Crippen molar-refractivity contribution >= 4 is 5.91 Å². The fraction of sp³-hybridized carbons (Fsp3) is 0.278. The fourth-order valence-electron chi connectivity index (χ4n) is 3.13. The lowest BCUT2D eigenvalue weighted by Gasteiger charge is -2.31. The van der Waals surface area contributed by atoms with E-state index < -0.39 is 0 Å². The minimum atomic E-state index is -0.380. The highest BCUT2D eigenvalue weighted by Crippen LogP contribution is 2.37. The Kier molecular flexibility index (Phi) is 3.50. The normalized spacial score (nSPS) is 24.9. The molecule has 1 fully saturated rings. The molecule has 108 valence electrons. The van der Waals surface area contributed by atoms with E-state index in [1.54, 1.807) is 6.07 Å². The highest BCUT2D eigenvalue weighted by Gasteiger charge is 2.44. The van der Waals surface area contributed by atoms with Gasteiger partial charge < -0.3 is 5.32 Å². The predicted molar refractivity (Wildman–Crippen MR) is 80.4 cm³/mol. The van der Waals surface area contributed by atoms with Crippen LogP contribution in [0.4, 0.5) is 4.39 Å². The topological polar surface area (TPSA) is 29.1 Å². The smallest absolute Gasteiger partial charge is 0.221 e. The summed E-state index contributed by atoms with van der Waals surface area (Å²) in [7, 11) is 0. The predicted octanol–water partition coefficient (Wildman–Crippen LogP) is 3.21. The quantitative estimate of drug-likeness (QED) is 0.920. The molecule has 0 aliphatic carbocycles. The van der Waals surface area contributed by atoms with Crippen LogP contribution in [0, 0.1) is 5.82 Å². The highest BCUT2D eigenvalue weighted by molar-refractivity contribution is 5.81. The molecule has 3 rings (SSSR count). The molecule has 1 aliphatic rings. The van der Waals surface area contributed by atoms with E-state index in [-0.39, 0.29) is 23.2 Å². The number of nitrogens with one attached hydrogen (secondary N) is 1. The van der Waals surface area contributed by atoms with Gasteiger partial charge in [-0.25, -0.2) is 4.39 Å². The zero-order chi connectivity index (χ0) is 14.9. The van der Waals surface area contributed by atoms with Crippen molar-refractivity contribution in [2.75, 3.05) is 0 Å². The molecule has 2 nitrogen and oxygen atoms in total. The van der Waals surface area contributed by atoms with E-state index >= 15 is 0 Å². The van der Waals surface area contributed by atoms with E-state index in [9.17, 15) is 9.18 Å². The summed E-state index contributed by atoms with van der Waals surface area (Å²) in [6, 6.07) is 16.6. The second-order valence-corrected chi connectivity index (χ2v) is 5.91. The zero-order valence-electron chi connectivity index (χ0n) is 12.0. The second kappa shape index (κ2) is 5.32. The van der Waals surface area contributed by atoms with E-state index in [1.165, 1.54) is 17.7 Å². The van der Waals surface area contributed by atoms with Crippen LogP contribution >= 0.6 is 0 Å². The third-order valence-corrected chi connectivity index (χ3v) is 4.40. The Morgan fingerprint density at radius 3 is 2.67 bits per heavy atom. The molecule has 1 amide bonds. The molecular weight excluding hydrogens is 265 g/mol. The SMILES string of the molecule is CC1(c2cccc(F)c2)CC(=O)NC1Cc1ccccc1. The number of hydrogen-bond donors (Lipinski definition) is 1. The molecule has 21 heavy (non-hydrogen) atoms. The van der Waals surface area contributed by atoms with Crippen LogP contribution in [0.3, 0.4) is 0 Å². The van der Waals surface area contributed by atoms with Gasteiger partial charge in [0.25, 0.3) is 0 Å². The summed E-state index contributed by atoms with van der Waals surface area (Å²) < 4.78 is 13.5. The molecule has 0 spiro atoms. The lowest BCUT2D eigenvalue weighted by molar-refractivity contribution is -0.119. The van der Waals surface area contributed by atoms with Crippen LogP contribution < -0.4 is 5.32 Å². The first kappa shape index (κ1) is 13.8. The molecule has 1 N–H and O–H groups in total. The molecule has 2 aromatic rings. The minimum Gasteiger partial charge on any atom is -0.352 e. The summed E-state index contributed by atoms with van der Waals surface area (Å²) in [5, 5.41) is 3.05. The number of benzene rings is 2. The van der Waals surface area contributed by atoms with Crippen molar-refractivity contribution in [3.8, 4) is 0 Å². The molecule has 2 unspecified atom stereocenters. The number of rotatable bonds is 3. The van der Waals surface area contributed by atoms with Crippen molar-refractivity contribution in [2.45, 2.75) is 31.2 Å². The van der Waals surface area contributed by atoms with Crippen molar-refractivity contribution in [3.63, 3.8) is 0 Å². The van der Waals surface area contributed by atoms with Gasteiger partial charge in [0.15, 0.2) is 0 Å². The molecule has 0 aromatic heterocycles. The fourth-order valence-corrected chi connectivity index (χ4v) is 3.13. The van der Waals surface area contributed by atoms with Gasteiger partial charge in [-0.15, -0.1) is 0 Å². The summed E-state index contributed by atoms with van der Waals surface area (Å²) in [6.45, 7) is 2.04. The first-order valence-electron chi connectivity index (χ1n) is 7.17. The van der Waals surface area contributed by atoms with E-state index in [2.05, 4.69) is 17.4 Å². The van der Waals surface area contributed by atoms with Crippen LogP contribution in [-0.4, -0.2) is 11.9 Å².